The molecule has 0 saturated carbocycles. The number of benzene rings is 2. The largest absolute Gasteiger partial charge is 0.484 e. The third-order valence-electron chi connectivity index (χ3n) is 3.56. The lowest BCUT2D eigenvalue weighted by Crippen LogP contribution is -2.37. The van der Waals surface area contributed by atoms with Crippen LogP contribution < -0.4 is 10.1 Å². The molecule has 0 bridgehead atoms. The minimum Gasteiger partial charge on any atom is -0.484 e. The highest BCUT2D eigenvalue weighted by molar-refractivity contribution is 5.94. The van der Waals surface area contributed by atoms with Gasteiger partial charge in [-0.1, -0.05) is 18.2 Å². The van der Waals surface area contributed by atoms with E-state index in [1.165, 1.54) is 7.05 Å². The first-order chi connectivity index (χ1) is 12.3. The van der Waals surface area contributed by atoms with Crippen molar-refractivity contribution in [1.29, 1.82) is 0 Å². The summed E-state index contributed by atoms with van der Waals surface area (Å²) in [5.41, 5.74) is 0.348. The van der Waals surface area contributed by atoms with Crippen LogP contribution in [-0.2, 0) is 9.59 Å². The van der Waals surface area contributed by atoms with Crippen molar-refractivity contribution in [2.75, 3.05) is 25.5 Å². The van der Waals surface area contributed by atoms with E-state index in [1.807, 2.05) is 19.1 Å². The van der Waals surface area contributed by atoms with E-state index in [1.54, 1.807) is 12.1 Å². The molecular weight excluding hydrogens is 349 g/mol. The number of carbonyl (C=O) groups excluding carboxylic acids is 2. The Morgan fingerprint density at radius 2 is 1.77 bits per heavy atom. The average molecular weight is 366 g/mol. The number of carbonyl (C=O) groups is 2. The van der Waals surface area contributed by atoms with Crippen LogP contribution in [0.5, 0.6) is 5.75 Å². The van der Waals surface area contributed by atoms with E-state index < -0.39 is 41.5 Å². The molecule has 0 aliphatic rings. The molecule has 0 aromatic heterocycles. The number of halogens is 3. The predicted octanol–water partition coefficient (Wildman–Crippen LogP) is 2.89. The van der Waals surface area contributed by atoms with Crippen LogP contribution in [-0.4, -0.2) is 36.9 Å². The van der Waals surface area contributed by atoms with Crippen molar-refractivity contribution in [1.82, 2.24) is 4.90 Å². The number of ether oxygens (including phenoxy) is 1. The highest BCUT2D eigenvalue weighted by Gasteiger charge is 2.18. The zero-order valence-corrected chi connectivity index (χ0v) is 14.2. The Morgan fingerprint density at radius 3 is 2.46 bits per heavy atom. The maximum Gasteiger partial charge on any atom is 0.260 e. The SMILES string of the molecule is Cc1ccccc1OCC(=O)N(C)CC(=O)Nc1ccc(F)c(F)c1F. The fourth-order valence-corrected chi connectivity index (χ4v) is 2.08. The van der Waals surface area contributed by atoms with Crippen molar-refractivity contribution in [3.63, 3.8) is 0 Å². The lowest BCUT2D eigenvalue weighted by Gasteiger charge is -2.18. The van der Waals surface area contributed by atoms with E-state index in [-0.39, 0.29) is 6.61 Å². The van der Waals surface area contributed by atoms with Crippen LogP contribution in [0, 0.1) is 24.4 Å². The van der Waals surface area contributed by atoms with Crippen LogP contribution in [0.25, 0.3) is 0 Å². The maximum atomic E-state index is 13.5. The monoisotopic (exact) mass is 366 g/mol. The summed E-state index contributed by atoms with van der Waals surface area (Å²) in [6.07, 6.45) is 0. The summed E-state index contributed by atoms with van der Waals surface area (Å²) in [6.45, 7) is 1.13. The van der Waals surface area contributed by atoms with Gasteiger partial charge in [0, 0.05) is 7.05 Å². The molecular formula is C18H17F3N2O3. The van der Waals surface area contributed by atoms with Crippen molar-refractivity contribution in [2.24, 2.45) is 0 Å². The van der Waals surface area contributed by atoms with Gasteiger partial charge in [-0.05, 0) is 30.7 Å². The third kappa shape index (κ3) is 4.75. The van der Waals surface area contributed by atoms with Gasteiger partial charge in [-0.2, -0.15) is 0 Å². The molecule has 2 aromatic carbocycles. The van der Waals surface area contributed by atoms with Gasteiger partial charge in [0.05, 0.1) is 12.2 Å². The number of hydrogen-bond acceptors (Lipinski definition) is 3. The number of likely N-dealkylation sites (N-methyl/N-ethyl adjacent to an activating group) is 1. The number of amides is 2. The fraction of sp³-hybridized carbons (Fsp3) is 0.222. The molecule has 0 unspecified atom stereocenters. The summed E-state index contributed by atoms with van der Waals surface area (Å²) < 4.78 is 44.9. The third-order valence-corrected chi connectivity index (χ3v) is 3.56. The highest BCUT2D eigenvalue weighted by atomic mass is 19.2. The highest BCUT2D eigenvalue weighted by Crippen LogP contribution is 2.19. The molecule has 5 nitrogen and oxygen atoms in total. The normalized spacial score (nSPS) is 10.3. The topological polar surface area (TPSA) is 58.6 Å². The molecule has 2 aromatic rings. The zero-order chi connectivity index (χ0) is 19.3. The molecule has 0 aliphatic carbocycles. The Morgan fingerprint density at radius 1 is 1.08 bits per heavy atom. The first kappa shape index (κ1) is 19.3. The zero-order valence-electron chi connectivity index (χ0n) is 14.2. The van der Waals surface area contributed by atoms with Crippen LogP contribution in [0.2, 0.25) is 0 Å². The first-order valence-corrected chi connectivity index (χ1v) is 7.65. The van der Waals surface area contributed by atoms with E-state index in [0.29, 0.717) is 11.8 Å². The van der Waals surface area contributed by atoms with Crippen LogP contribution in [0.15, 0.2) is 36.4 Å². The van der Waals surface area contributed by atoms with Gasteiger partial charge in [-0.15, -0.1) is 0 Å². The fourth-order valence-electron chi connectivity index (χ4n) is 2.08. The maximum absolute atomic E-state index is 13.5. The van der Waals surface area contributed by atoms with Gasteiger partial charge in [-0.25, -0.2) is 13.2 Å². The van der Waals surface area contributed by atoms with Gasteiger partial charge in [0.2, 0.25) is 5.91 Å². The van der Waals surface area contributed by atoms with E-state index in [4.69, 9.17) is 4.74 Å². The molecule has 2 rings (SSSR count). The van der Waals surface area contributed by atoms with Crippen LogP contribution in [0.3, 0.4) is 0 Å². The Labute approximate surface area is 148 Å². The van der Waals surface area contributed by atoms with Gasteiger partial charge < -0.3 is 15.0 Å². The Bertz CT molecular complexity index is 827. The second-order valence-corrected chi connectivity index (χ2v) is 5.58. The molecule has 26 heavy (non-hydrogen) atoms. The van der Waals surface area contributed by atoms with Gasteiger partial charge in [-0.3, -0.25) is 9.59 Å². The Balaban J connectivity index is 1.89. The van der Waals surface area contributed by atoms with Crippen LogP contribution in [0.4, 0.5) is 18.9 Å². The van der Waals surface area contributed by atoms with E-state index >= 15 is 0 Å². The molecule has 138 valence electrons. The summed E-state index contributed by atoms with van der Waals surface area (Å²) in [5.74, 6) is -5.24. The summed E-state index contributed by atoms with van der Waals surface area (Å²) in [7, 11) is 1.37. The van der Waals surface area contributed by atoms with E-state index in [2.05, 4.69) is 5.32 Å². The molecule has 8 heteroatoms. The molecule has 0 fully saturated rings. The van der Waals surface area contributed by atoms with Gasteiger partial charge in [0.15, 0.2) is 24.1 Å². The van der Waals surface area contributed by atoms with Crippen molar-refractivity contribution >= 4 is 17.5 Å². The molecule has 0 aliphatic heterocycles. The van der Waals surface area contributed by atoms with Gasteiger partial charge in [0.1, 0.15) is 5.75 Å². The number of para-hydroxylation sites is 1. The van der Waals surface area contributed by atoms with Gasteiger partial charge in [0.25, 0.3) is 5.91 Å². The van der Waals surface area contributed by atoms with Crippen LogP contribution in [0.1, 0.15) is 5.56 Å². The lowest BCUT2D eigenvalue weighted by molar-refractivity contribution is -0.135. The number of hydrogen-bond donors (Lipinski definition) is 1. The Kier molecular flexibility index (Phi) is 6.21. The molecule has 0 saturated heterocycles. The second kappa shape index (κ2) is 8.37. The number of rotatable bonds is 6. The predicted molar refractivity (Wildman–Crippen MR) is 89.3 cm³/mol. The second-order valence-electron chi connectivity index (χ2n) is 5.58. The lowest BCUT2D eigenvalue weighted by atomic mass is 10.2. The van der Waals surface area contributed by atoms with E-state index in [9.17, 15) is 22.8 Å². The summed E-state index contributed by atoms with van der Waals surface area (Å²) in [6, 6.07) is 8.72. The Hall–Kier alpha value is -3.03. The molecule has 0 spiro atoms. The average Bonchev–Trinajstić information content (AvgIpc) is 2.61. The molecule has 0 atom stereocenters. The first-order valence-electron chi connectivity index (χ1n) is 7.65. The molecule has 2 amide bonds. The number of anilines is 1. The molecule has 1 N–H and O–H groups in total. The number of nitrogens with zero attached hydrogens (tertiary/aromatic N) is 1. The number of nitrogens with one attached hydrogen (secondary N) is 1. The standard InChI is InChI=1S/C18H17F3N2O3/c1-11-5-3-4-6-14(11)26-10-16(25)23(2)9-15(24)22-13-8-7-12(19)17(20)18(13)21/h3-8H,9-10H2,1-2H3,(H,22,24). The summed E-state index contributed by atoms with van der Waals surface area (Å²) in [4.78, 5) is 25.0. The van der Waals surface area contributed by atoms with Crippen molar-refractivity contribution in [3.8, 4) is 5.75 Å². The molecule has 0 heterocycles. The minimum atomic E-state index is -1.68. The van der Waals surface area contributed by atoms with Crippen LogP contribution >= 0.6 is 0 Å². The summed E-state index contributed by atoms with van der Waals surface area (Å²) in [5, 5.41) is 2.09. The van der Waals surface area contributed by atoms with Gasteiger partial charge >= 0.3 is 0 Å². The van der Waals surface area contributed by atoms with E-state index in [0.717, 1.165) is 16.5 Å². The molecule has 0 radical (unpaired) electrons. The summed E-state index contributed by atoms with van der Waals surface area (Å²) >= 11 is 0. The van der Waals surface area contributed by atoms with Crippen molar-refractivity contribution in [3.05, 3.63) is 59.4 Å². The smallest absolute Gasteiger partial charge is 0.260 e. The quantitative estimate of drug-likeness (QED) is 0.800. The van der Waals surface area contributed by atoms with Crippen molar-refractivity contribution in [2.45, 2.75) is 6.92 Å². The minimum absolute atomic E-state index is 0.284. The van der Waals surface area contributed by atoms with Crippen molar-refractivity contribution < 1.29 is 27.5 Å². The number of aryl methyl sites for hydroxylation is 1.